The molecule has 4 atom stereocenters. The Morgan fingerprint density at radius 2 is 1.96 bits per heavy atom. The van der Waals surface area contributed by atoms with Gasteiger partial charge in [-0.05, 0) is 55.8 Å². The van der Waals surface area contributed by atoms with Crippen molar-refractivity contribution in [3.05, 3.63) is 12.7 Å². The lowest BCUT2D eigenvalue weighted by atomic mass is 9.70. The van der Waals surface area contributed by atoms with Gasteiger partial charge in [0.2, 0.25) is 0 Å². The van der Waals surface area contributed by atoms with Gasteiger partial charge in [0, 0.05) is 36.6 Å². The first-order valence-corrected chi connectivity index (χ1v) is 11.9. The van der Waals surface area contributed by atoms with E-state index in [9.17, 15) is 4.79 Å². The predicted molar refractivity (Wildman–Crippen MR) is 120 cm³/mol. The van der Waals surface area contributed by atoms with Crippen LogP contribution in [0.15, 0.2) is 12.7 Å². The molecule has 27 heavy (non-hydrogen) atoms. The molecule has 0 heterocycles. The number of carbonyl (C=O) groups is 1. The first-order chi connectivity index (χ1) is 12.7. The third-order valence-electron chi connectivity index (χ3n) is 6.30. The number of thioether (sulfide) groups is 1. The summed E-state index contributed by atoms with van der Waals surface area (Å²) in [5.74, 6) is 2.05. The van der Waals surface area contributed by atoms with E-state index in [-0.39, 0.29) is 11.3 Å². The van der Waals surface area contributed by atoms with E-state index in [0.717, 1.165) is 25.9 Å². The van der Waals surface area contributed by atoms with Gasteiger partial charge < -0.3 is 4.74 Å². The van der Waals surface area contributed by atoms with Gasteiger partial charge in [-0.15, -0.1) is 6.58 Å². The number of hydrogen-bond acceptors (Lipinski definition) is 3. The molecule has 0 aliphatic heterocycles. The van der Waals surface area contributed by atoms with E-state index in [4.69, 9.17) is 4.74 Å². The highest BCUT2D eigenvalue weighted by atomic mass is 32.2. The van der Waals surface area contributed by atoms with Crippen molar-refractivity contribution in [2.24, 2.45) is 23.2 Å². The van der Waals surface area contributed by atoms with Gasteiger partial charge in [0.05, 0.1) is 0 Å². The summed E-state index contributed by atoms with van der Waals surface area (Å²) in [4.78, 5) is 12.9. The first-order valence-electron chi connectivity index (χ1n) is 11.0. The van der Waals surface area contributed by atoms with E-state index in [1.54, 1.807) is 7.11 Å². The maximum Gasteiger partial charge on any atom is 0.137 e. The minimum Gasteiger partial charge on any atom is -0.385 e. The normalized spacial score (nSPS) is 24.6. The van der Waals surface area contributed by atoms with Crippen LogP contribution in [-0.2, 0) is 9.53 Å². The number of ether oxygens (including phenoxy) is 1. The summed E-state index contributed by atoms with van der Waals surface area (Å²) in [6.45, 7) is 16.5. The van der Waals surface area contributed by atoms with Crippen molar-refractivity contribution < 1.29 is 9.53 Å². The summed E-state index contributed by atoms with van der Waals surface area (Å²) < 4.78 is 5.24. The molecule has 0 aromatic carbocycles. The Kier molecular flexibility index (Phi) is 11.3. The van der Waals surface area contributed by atoms with E-state index < -0.39 is 0 Å². The van der Waals surface area contributed by atoms with Crippen LogP contribution < -0.4 is 0 Å². The van der Waals surface area contributed by atoms with Gasteiger partial charge in [0.25, 0.3) is 0 Å². The van der Waals surface area contributed by atoms with Crippen molar-refractivity contribution in [2.75, 3.05) is 13.7 Å². The number of carbonyl (C=O) groups excluding carboxylic acids is 1. The summed E-state index contributed by atoms with van der Waals surface area (Å²) >= 11 is 2.14. The molecule has 0 bridgehead atoms. The standard InChI is InChI=1S/C24H44O2S/c1-8-9-12-21(25)20-11-10-16-24(5,6)23(20)27-22(18(2)3)14-13-19(4)15-17-26-7/h8,18-20,22-23H,1,9-17H2,2-7H3. The zero-order chi connectivity index (χ0) is 20.4. The zero-order valence-electron chi connectivity index (χ0n) is 18.8. The topological polar surface area (TPSA) is 26.3 Å². The van der Waals surface area contributed by atoms with Crippen LogP contribution in [0, 0.1) is 23.2 Å². The summed E-state index contributed by atoms with van der Waals surface area (Å²) in [6, 6.07) is 0. The van der Waals surface area contributed by atoms with E-state index >= 15 is 0 Å². The van der Waals surface area contributed by atoms with Crippen LogP contribution in [0.3, 0.4) is 0 Å². The van der Waals surface area contributed by atoms with Crippen molar-refractivity contribution in [2.45, 2.75) is 96.5 Å². The molecule has 3 heteroatoms. The molecule has 0 aromatic rings. The van der Waals surface area contributed by atoms with Gasteiger partial charge in [0.1, 0.15) is 5.78 Å². The molecule has 2 nitrogen and oxygen atoms in total. The lowest BCUT2D eigenvalue weighted by Crippen LogP contribution is -2.42. The second kappa shape index (κ2) is 12.3. The Morgan fingerprint density at radius 1 is 1.26 bits per heavy atom. The second-order valence-corrected chi connectivity index (χ2v) is 11.0. The number of ketones is 1. The average Bonchev–Trinajstić information content (AvgIpc) is 2.61. The highest BCUT2D eigenvalue weighted by Crippen LogP contribution is 2.49. The molecule has 1 saturated carbocycles. The Hall–Kier alpha value is -0.280. The molecular weight excluding hydrogens is 352 g/mol. The monoisotopic (exact) mass is 396 g/mol. The van der Waals surface area contributed by atoms with Crippen molar-refractivity contribution in [3.8, 4) is 0 Å². The fourth-order valence-electron chi connectivity index (χ4n) is 4.31. The quantitative estimate of drug-likeness (QED) is 0.316. The fourth-order valence-corrected chi connectivity index (χ4v) is 6.24. The average molecular weight is 397 g/mol. The van der Waals surface area contributed by atoms with Crippen LogP contribution in [0.4, 0.5) is 0 Å². The lowest BCUT2D eigenvalue weighted by Gasteiger charge is -2.45. The Bertz CT molecular complexity index is 444. The van der Waals surface area contributed by atoms with E-state index in [0.29, 0.717) is 34.5 Å². The second-order valence-electron chi connectivity index (χ2n) is 9.58. The van der Waals surface area contributed by atoms with Crippen LogP contribution in [0.5, 0.6) is 0 Å². The summed E-state index contributed by atoms with van der Waals surface area (Å²) in [6.07, 6.45) is 10.5. The molecule has 1 aliphatic carbocycles. The summed E-state index contributed by atoms with van der Waals surface area (Å²) in [5.41, 5.74) is 0.242. The van der Waals surface area contributed by atoms with E-state index in [1.807, 2.05) is 6.08 Å². The number of hydrogen-bond donors (Lipinski definition) is 0. The summed E-state index contributed by atoms with van der Waals surface area (Å²) in [5, 5.41) is 1.08. The predicted octanol–water partition coefficient (Wildman–Crippen LogP) is 6.93. The molecule has 158 valence electrons. The zero-order valence-corrected chi connectivity index (χ0v) is 19.6. The van der Waals surface area contributed by atoms with Crippen molar-refractivity contribution in [1.82, 2.24) is 0 Å². The molecule has 1 rings (SSSR count). The third-order valence-corrected chi connectivity index (χ3v) is 8.69. The number of methoxy groups -OCH3 is 1. The van der Waals surface area contributed by atoms with Crippen LogP contribution in [0.2, 0.25) is 0 Å². The maximum atomic E-state index is 12.9. The van der Waals surface area contributed by atoms with Gasteiger partial charge in [-0.25, -0.2) is 0 Å². The molecule has 0 N–H and O–H groups in total. The molecule has 0 saturated heterocycles. The Balaban J connectivity index is 2.80. The molecular formula is C24H44O2S. The molecule has 0 radical (unpaired) electrons. The Morgan fingerprint density at radius 3 is 2.56 bits per heavy atom. The van der Waals surface area contributed by atoms with Crippen molar-refractivity contribution >= 4 is 17.5 Å². The third kappa shape index (κ3) is 8.31. The molecule has 0 amide bonds. The largest absolute Gasteiger partial charge is 0.385 e. The van der Waals surface area contributed by atoms with Crippen LogP contribution in [0.25, 0.3) is 0 Å². The minimum atomic E-state index is 0.228. The molecule has 0 aromatic heterocycles. The van der Waals surface area contributed by atoms with E-state index in [1.165, 1.54) is 25.7 Å². The first kappa shape index (κ1) is 24.8. The molecule has 0 spiro atoms. The van der Waals surface area contributed by atoms with Crippen molar-refractivity contribution in [3.63, 3.8) is 0 Å². The van der Waals surface area contributed by atoms with Crippen LogP contribution in [0.1, 0.15) is 86.0 Å². The van der Waals surface area contributed by atoms with Gasteiger partial charge in [-0.3, -0.25) is 4.79 Å². The van der Waals surface area contributed by atoms with E-state index in [2.05, 4.69) is 53.0 Å². The SMILES string of the molecule is C=CCCC(=O)C1CCCC(C)(C)C1SC(CCC(C)CCOC)C(C)C. The number of allylic oxidation sites excluding steroid dienone is 1. The fraction of sp³-hybridized carbons (Fsp3) is 0.875. The number of rotatable bonds is 13. The number of Topliss-reactive ketones (excluding diaryl/α,β-unsaturated/α-hetero) is 1. The highest BCUT2D eigenvalue weighted by molar-refractivity contribution is 8.00. The smallest absolute Gasteiger partial charge is 0.137 e. The minimum absolute atomic E-state index is 0.228. The Labute approximate surface area is 173 Å². The van der Waals surface area contributed by atoms with Gasteiger partial charge in [0.15, 0.2) is 0 Å². The van der Waals surface area contributed by atoms with Gasteiger partial charge in [-0.2, -0.15) is 11.8 Å². The highest BCUT2D eigenvalue weighted by Gasteiger charge is 2.43. The van der Waals surface area contributed by atoms with Crippen LogP contribution in [-0.4, -0.2) is 30.0 Å². The lowest BCUT2D eigenvalue weighted by molar-refractivity contribution is -0.124. The van der Waals surface area contributed by atoms with Crippen molar-refractivity contribution in [1.29, 1.82) is 0 Å². The van der Waals surface area contributed by atoms with Gasteiger partial charge in [-0.1, -0.05) is 47.1 Å². The van der Waals surface area contributed by atoms with Crippen LogP contribution >= 0.6 is 11.8 Å². The maximum absolute atomic E-state index is 12.9. The van der Waals surface area contributed by atoms with Gasteiger partial charge >= 0.3 is 0 Å². The summed E-state index contributed by atoms with van der Waals surface area (Å²) in [7, 11) is 1.79. The molecule has 4 unspecified atom stereocenters. The molecule has 1 fully saturated rings. The molecule has 1 aliphatic rings.